The van der Waals surface area contributed by atoms with Crippen molar-refractivity contribution in [2.24, 2.45) is 0 Å². The fourth-order valence-electron chi connectivity index (χ4n) is 2.65. The van der Waals surface area contributed by atoms with Crippen molar-refractivity contribution in [2.75, 3.05) is 11.1 Å². The minimum Gasteiger partial charge on any atom is -0.435 e. The zero-order chi connectivity index (χ0) is 23.1. The Morgan fingerprint density at radius 3 is 2.31 bits per heavy atom. The van der Waals surface area contributed by atoms with Gasteiger partial charge in [0.25, 0.3) is 0 Å². The topological polar surface area (TPSA) is 73.3 Å². The smallest absolute Gasteiger partial charge is 0.387 e. The molecule has 0 unspecified atom stereocenters. The molecule has 0 spiro atoms. The van der Waals surface area contributed by atoms with Crippen molar-refractivity contribution >= 4 is 23.4 Å². The molecule has 0 radical (unpaired) electrons. The molecular formula is C21H17F4N3O3S. The molecular weight excluding hydrogens is 450 g/mol. The second-order valence-electron chi connectivity index (χ2n) is 6.32. The van der Waals surface area contributed by atoms with Gasteiger partial charge in [0, 0.05) is 17.4 Å². The van der Waals surface area contributed by atoms with Crippen LogP contribution in [0.1, 0.15) is 5.56 Å². The monoisotopic (exact) mass is 467 g/mol. The molecule has 0 aliphatic rings. The second-order valence-corrected chi connectivity index (χ2v) is 7.26. The Hall–Kier alpha value is -3.34. The highest BCUT2D eigenvalue weighted by Gasteiger charge is 2.11. The number of ether oxygens (including phenoxy) is 2. The lowest BCUT2D eigenvalue weighted by molar-refractivity contribution is -0.113. The molecule has 32 heavy (non-hydrogen) atoms. The minimum atomic E-state index is -2.93. The Bertz CT molecular complexity index is 1070. The molecule has 1 heterocycles. The van der Waals surface area contributed by atoms with E-state index in [2.05, 4.69) is 24.8 Å². The number of hydrogen-bond acceptors (Lipinski definition) is 6. The van der Waals surface area contributed by atoms with Gasteiger partial charge in [0.2, 0.25) is 5.91 Å². The number of nitrogens with zero attached hydrogens (tertiary/aromatic N) is 2. The third kappa shape index (κ3) is 6.84. The summed E-state index contributed by atoms with van der Waals surface area (Å²) in [6, 6.07) is 11.9. The van der Waals surface area contributed by atoms with Gasteiger partial charge < -0.3 is 14.8 Å². The number of rotatable bonds is 9. The highest BCUT2D eigenvalue weighted by atomic mass is 32.2. The summed E-state index contributed by atoms with van der Waals surface area (Å²) in [6.45, 7) is -4.17. The SMILES string of the molecule is Cc1cc(OC(F)F)ccc1NC(=O)CSc1nccc(-c2ccc(OC(F)F)cc2)n1. The summed E-state index contributed by atoms with van der Waals surface area (Å²) in [5.74, 6) is -0.278. The lowest BCUT2D eigenvalue weighted by atomic mass is 10.1. The molecule has 11 heteroatoms. The Morgan fingerprint density at radius 2 is 1.66 bits per heavy atom. The number of carbonyl (C=O) groups is 1. The second kappa shape index (κ2) is 10.8. The van der Waals surface area contributed by atoms with Crippen LogP contribution in [0.25, 0.3) is 11.3 Å². The number of hydrogen-bond donors (Lipinski definition) is 1. The maximum atomic E-state index is 12.3. The van der Waals surface area contributed by atoms with Crippen molar-refractivity contribution in [3.05, 3.63) is 60.3 Å². The van der Waals surface area contributed by atoms with E-state index in [1.54, 1.807) is 25.1 Å². The number of alkyl halides is 4. The Morgan fingerprint density at radius 1 is 1.00 bits per heavy atom. The van der Waals surface area contributed by atoms with Crippen LogP contribution in [-0.4, -0.2) is 34.9 Å². The molecule has 168 valence electrons. The lowest BCUT2D eigenvalue weighted by Gasteiger charge is -2.11. The molecule has 0 aliphatic heterocycles. The zero-order valence-corrected chi connectivity index (χ0v) is 17.4. The summed E-state index contributed by atoms with van der Waals surface area (Å²) in [5.41, 5.74) is 2.26. The first-order valence-electron chi connectivity index (χ1n) is 9.16. The normalized spacial score (nSPS) is 11.0. The molecule has 0 saturated carbocycles. The largest absolute Gasteiger partial charge is 0.435 e. The van der Waals surface area contributed by atoms with E-state index in [0.717, 1.165) is 11.8 Å². The van der Waals surface area contributed by atoms with Crippen LogP contribution >= 0.6 is 11.8 Å². The fourth-order valence-corrected chi connectivity index (χ4v) is 3.28. The molecule has 1 aromatic heterocycles. The third-order valence-corrected chi connectivity index (χ3v) is 4.90. The van der Waals surface area contributed by atoms with Crippen LogP contribution in [0.5, 0.6) is 11.5 Å². The van der Waals surface area contributed by atoms with E-state index in [9.17, 15) is 22.4 Å². The number of aryl methyl sites for hydroxylation is 1. The van der Waals surface area contributed by atoms with Crippen LogP contribution in [0.15, 0.2) is 59.9 Å². The molecule has 0 bridgehead atoms. The number of anilines is 1. The number of thioether (sulfide) groups is 1. The quantitative estimate of drug-likeness (QED) is 0.259. The molecule has 0 saturated heterocycles. The first kappa shape index (κ1) is 23.3. The fraction of sp³-hybridized carbons (Fsp3) is 0.190. The molecule has 3 rings (SSSR count). The van der Waals surface area contributed by atoms with E-state index < -0.39 is 13.2 Å². The number of carbonyl (C=O) groups excluding carboxylic acids is 1. The van der Waals surface area contributed by atoms with Gasteiger partial charge in [-0.2, -0.15) is 17.6 Å². The number of nitrogens with one attached hydrogen (secondary N) is 1. The van der Waals surface area contributed by atoms with Gasteiger partial charge in [0.05, 0.1) is 11.4 Å². The van der Waals surface area contributed by atoms with Gasteiger partial charge in [-0.25, -0.2) is 9.97 Å². The van der Waals surface area contributed by atoms with Crippen molar-refractivity contribution in [3.63, 3.8) is 0 Å². The summed E-state index contributed by atoms with van der Waals surface area (Å²) in [7, 11) is 0. The zero-order valence-electron chi connectivity index (χ0n) is 16.6. The first-order chi connectivity index (χ1) is 15.3. The van der Waals surface area contributed by atoms with Gasteiger partial charge in [0.15, 0.2) is 5.16 Å². The maximum absolute atomic E-state index is 12.3. The molecule has 2 aromatic carbocycles. The average molecular weight is 467 g/mol. The highest BCUT2D eigenvalue weighted by molar-refractivity contribution is 7.99. The van der Waals surface area contributed by atoms with Crippen LogP contribution < -0.4 is 14.8 Å². The van der Waals surface area contributed by atoms with E-state index in [4.69, 9.17) is 0 Å². The Balaban J connectivity index is 1.58. The lowest BCUT2D eigenvalue weighted by Crippen LogP contribution is -2.15. The van der Waals surface area contributed by atoms with E-state index in [1.807, 2.05) is 0 Å². The molecule has 0 fully saturated rings. The summed E-state index contributed by atoms with van der Waals surface area (Å²) in [6.07, 6.45) is 1.53. The molecule has 0 atom stereocenters. The van der Waals surface area contributed by atoms with Gasteiger partial charge >= 0.3 is 13.2 Å². The van der Waals surface area contributed by atoms with Gasteiger partial charge in [-0.1, -0.05) is 11.8 Å². The van der Waals surface area contributed by atoms with Crippen molar-refractivity contribution in [1.29, 1.82) is 0 Å². The molecule has 1 amide bonds. The standard InChI is InChI=1S/C21H17F4N3O3S/c1-12-10-15(31-20(24)25)6-7-16(12)27-18(29)11-32-21-26-9-8-17(28-21)13-2-4-14(5-3-13)30-19(22)23/h2-10,19-20H,11H2,1H3,(H,27,29). The minimum absolute atomic E-state index is 0.00360. The molecule has 6 nitrogen and oxygen atoms in total. The first-order valence-corrected chi connectivity index (χ1v) is 10.1. The van der Waals surface area contributed by atoms with Crippen LogP contribution in [0.2, 0.25) is 0 Å². The van der Waals surface area contributed by atoms with E-state index in [-0.39, 0.29) is 23.2 Å². The molecule has 0 aliphatic carbocycles. The molecule has 1 N–H and O–H groups in total. The van der Waals surface area contributed by atoms with Crippen molar-refractivity contribution in [2.45, 2.75) is 25.3 Å². The summed E-state index contributed by atoms with van der Waals surface area (Å²) in [4.78, 5) is 20.7. The predicted molar refractivity (Wildman–Crippen MR) is 111 cm³/mol. The number of amides is 1. The molecule has 3 aromatic rings. The third-order valence-electron chi connectivity index (χ3n) is 4.04. The van der Waals surface area contributed by atoms with Crippen LogP contribution in [0, 0.1) is 6.92 Å². The van der Waals surface area contributed by atoms with Crippen molar-refractivity contribution in [1.82, 2.24) is 9.97 Å². The number of halogens is 4. The maximum Gasteiger partial charge on any atom is 0.387 e. The van der Waals surface area contributed by atoms with E-state index in [1.165, 1.54) is 36.5 Å². The highest BCUT2D eigenvalue weighted by Crippen LogP contribution is 2.25. The van der Waals surface area contributed by atoms with Crippen LogP contribution in [0.3, 0.4) is 0 Å². The number of benzene rings is 2. The van der Waals surface area contributed by atoms with Gasteiger partial charge in [-0.05, 0) is 61.0 Å². The van der Waals surface area contributed by atoms with Gasteiger partial charge in [-0.3, -0.25) is 4.79 Å². The summed E-state index contributed by atoms with van der Waals surface area (Å²) < 4.78 is 57.7. The van der Waals surface area contributed by atoms with Gasteiger partial charge in [-0.15, -0.1) is 0 Å². The van der Waals surface area contributed by atoms with Crippen LogP contribution in [-0.2, 0) is 4.79 Å². The predicted octanol–water partition coefficient (Wildman–Crippen LogP) is 5.39. The van der Waals surface area contributed by atoms with Crippen LogP contribution in [0.4, 0.5) is 23.2 Å². The van der Waals surface area contributed by atoms with Gasteiger partial charge in [0.1, 0.15) is 11.5 Å². The average Bonchev–Trinajstić information content (AvgIpc) is 2.74. The Labute approximate surface area is 185 Å². The number of aromatic nitrogens is 2. The van der Waals surface area contributed by atoms with E-state index >= 15 is 0 Å². The van der Waals surface area contributed by atoms with Crippen molar-refractivity contribution < 1.29 is 31.8 Å². The summed E-state index contributed by atoms with van der Waals surface area (Å²) in [5, 5.41) is 3.05. The van der Waals surface area contributed by atoms with Crippen molar-refractivity contribution in [3.8, 4) is 22.8 Å². The summed E-state index contributed by atoms with van der Waals surface area (Å²) >= 11 is 1.10. The van der Waals surface area contributed by atoms with E-state index in [0.29, 0.717) is 27.7 Å². The Kier molecular flexibility index (Phi) is 7.87.